The molecule has 0 aliphatic carbocycles. The summed E-state index contributed by atoms with van der Waals surface area (Å²) < 4.78 is 5.45. The second-order valence-corrected chi connectivity index (χ2v) is 6.56. The van der Waals surface area contributed by atoms with Crippen molar-refractivity contribution in [1.82, 2.24) is 9.97 Å². The van der Waals surface area contributed by atoms with E-state index in [9.17, 15) is 4.79 Å². The van der Waals surface area contributed by atoms with E-state index in [0.717, 1.165) is 30.0 Å². The molecule has 2 heterocycles. The normalized spacial score (nSPS) is 13.0. The monoisotopic (exact) mass is 374 g/mol. The summed E-state index contributed by atoms with van der Waals surface area (Å²) in [7, 11) is 0. The lowest BCUT2D eigenvalue weighted by molar-refractivity contribution is 0.0980. The van der Waals surface area contributed by atoms with Gasteiger partial charge in [-0.2, -0.15) is 0 Å². The third kappa shape index (κ3) is 3.81. The zero-order chi connectivity index (χ0) is 19.3. The zero-order valence-corrected chi connectivity index (χ0v) is 15.8. The van der Waals surface area contributed by atoms with Crippen molar-refractivity contribution in [3.63, 3.8) is 0 Å². The second kappa shape index (κ2) is 8.08. The molecule has 0 saturated heterocycles. The number of nitrogens with one attached hydrogen (secondary N) is 1. The summed E-state index contributed by atoms with van der Waals surface area (Å²) in [5.41, 5.74) is 3.41. The van der Waals surface area contributed by atoms with Crippen molar-refractivity contribution >= 4 is 23.1 Å². The third-order valence-electron chi connectivity index (χ3n) is 4.68. The van der Waals surface area contributed by atoms with Gasteiger partial charge < -0.3 is 15.0 Å². The molecule has 0 unspecified atom stereocenters. The third-order valence-corrected chi connectivity index (χ3v) is 4.68. The van der Waals surface area contributed by atoms with Gasteiger partial charge in [-0.05, 0) is 55.7 Å². The van der Waals surface area contributed by atoms with Crippen LogP contribution < -0.4 is 15.0 Å². The summed E-state index contributed by atoms with van der Waals surface area (Å²) in [4.78, 5) is 23.3. The van der Waals surface area contributed by atoms with Crippen molar-refractivity contribution in [2.24, 2.45) is 0 Å². The largest absolute Gasteiger partial charge is 0.494 e. The molecule has 1 N–H and O–H groups in total. The Balaban J connectivity index is 1.53. The number of nitrogens with zero attached hydrogens (tertiary/aromatic N) is 3. The Kier molecular flexibility index (Phi) is 5.19. The molecule has 6 heteroatoms. The van der Waals surface area contributed by atoms with E-state index >= 15 is 0 Å². The molecule has 0 radical (unpaired) electrons. The van der Waals surface area contributed by atoms with E-state index < -0.39 is 0 Å². The number of fused-ring (bicyclic) bond motifs is 1. The van der Waals surface area contributed by atoms with E-state index in [1.807, 2.05) is 54.3 Å². The van der Waals surface area contributed by atoms with Crippen LogP contribution in [0.15, 0.2) is 60.9 Å². The van der Waals surface area contributed by atoms with Gasteiger partial charge in [-0.25, -0.2) is 9.97 Å². The standard InChI is InChI=1S/C22H22N4O2/c1-2-28-18-11-9-17(10-12-18)25-21-14-19(23-15-24-21)22(27)26-13-5-7-16-6-3-4-8-20(16)26/h3-4,6,8-12,14-15H,2,5,7,13H2,1H3,(H,23,24,25). The molecule has 2 aromatic carbocycles. The SMILES string of the molecule is CCOc1ccc(Nc2cc(C(=O)N3CCCc4ccccc43)ncn2)cc1. The van der Waals surface area contributed by atoms with Crippen LogP contribution in [-0.2, 0) is 6.42 Å². The number of carbonyl (C=O) groups is 1. The number of hydrogen-bond donors (Lipinski definition) is 1. The van der Waals surface area contributed by atoms with Crippen LogP contribution >= 0.6 is 0 Å². The lowest BCUT2D eigenvalue weighted by Crippen LogP contribution is -2.36. The van der Waals surface area contributed by atoms with Crippen molar-refractivity contribution in [3.05, 3.63) is 72.2 Å². The number of aromatic nitrogens is 2. The summed E-state index contributed by atoms with van der Waals surface area (Å²) in [6.07, 6.45) is 3.36. The van der Waals surface area contributed by atoms with Gasteiger partial charge in [-0.15, -0.1) is 0 Å². The number of amides is 1. The van der Waals surface area contributed by atoms with E-state index in [4.69, 9.17) is 4.74 Å². The molecule has 0 spiro atoms. The van der Waals surface area contributed by atoms with E-state index in [1.54, 1.807) is 6.07 Å². The first kappa shape index (κ1) is 18.0. The van der Waals surface area contributed by atoms with Gasteiger partial charge in [0.15, 0.2) is 0 Å². The van der Waals surface area contributed by atoms with E-state index in [0.29, 0.717) is 24.7 Å². The molecule has 6 nitrogen and oxygen atoms in total. The van der Waals surface area contributed by atoms with Crippen molar-refractivity contribution in [2.45, 2.75) is 19.8 Å². The Labute approximate surface area is 164 Å². The summed E-state index contributed by atoms with van der Waals surface area (Å²) in [6, 6.07) is 17.3. The highest BCUT2D eigenvalue weighted by molar-refractivity contribution is 6.05. The smallest absolute Gasteiger partial charge is 0.277 e. The Morgan fingerprint density at radius 3 is 2.79 bits per heavy atom. The molecule has 3 aromatic rings. The molecule has 4 rings (SSSR count). The molecular formula is C22H22N4O2. The second-order valence-electron chi connectivity index (χ2n) is 6.56. The number of anilines is 3. The zero-order valence-electron chi connectivity index (χ0n) is 15.8. The average Bonchev–Trinajstić information content (AvgIpc) is 2.75. The van der Waals surface area contributed by atoms with Gasteiger partial charge in [0.05, 0.1) is 6.61 Å². The van der Waals surface area contributed by atoms with Gasteiger partial charge in [0.25, 0.3) is 5.91 Å². The summed E-state index contributed by atoms with van der Waals surface area (Å²) >= 11 is 0. The lowest BCUT2D eigenvalue weighted by atomic mass is 10.0. The molecule has 142 valence electrons. The Bertz CT molecular complexity index is 972. The van der Waals surface area contributed by atoms with Crippen LogP contribution in [0.25, 0.3) is 0 Å². The number of rotatable bonds is 5. The highest BCUT2D eigenvalue weighted by Gasteiger charge is 2.24. The van der Waals surface area contributed by atoms with Crippen LogP contribution in [0.4, 0.5) is 17.2 Å². The summed E-state index contributed by atoms with van der Waals surface area (Å²) in [5.74, 6) is 1.28. The van der Waals surface area contributed by atoms with E-state index in [2.05, 4.69) is 21.4 Å². The van der Waals surface area contributed by atoms with Crippen LogP contribution in [-0.4, -0.2) is 29.0 Å². The van der Waals surface area contributed by atoms with Crippen molar-refractivity contribution in [1.29, 1.82) is 0 Å². The van der Waals surface area contributed by atoms with E-state index in [-0.39, 0.29) is 5.91 Å². The highest BCUT2D eigenvalue weighted by atomic mass is 16.5. The molecule has 1 aliphatic rings. The first-order valence-corrected chi connectivity index (χ1v) is 9.46. The van der Waals surface area contributed by atoms with Gasteiger partial charge in [0.1, 0.15) is 23.6 Å². The lowest BCUT2D eigenvalue weighted by Gasteiger charge is -2.29. The van der Waals surface area contributed by atoms with Gasteiger partial charge >= 0.3 is 0 Å². The number of para-hydroxylation sites is 1. The minimum atomic E-state index is -0.107. The maximum absolute atomic E-state index is 13.1. The molecule has 0 saturated carbocycles. The fraction of sp³-hybridized carbons (Fsp3) is 0.227. The molecule has 1 amide bonds. The number of aryl methyl sites for hydroxylation is 1. The van der Waals surface area contributed by atoms with Crippen LogP contribution in [0, 0.1) is 0 Å². The molecular weight excluding hydrogens is 352 g/mol. The molecule has 0 fully saturated rings. The Morgan fingerprint density at radius 1 is 1.14 bits per heavy atom. The topological polar surface area (TPSA) is 67.3 Å². The molecule has 28 heavy (non-hydrogen) atoms. The maximum atomic E-state index is 13.1. The summed E-state index contributed by atoms with van der Waals surface area (Å²) in [5, 5.41) is 3.21. The quantitative estimate of drug-likeness (QED) is 0.724. The number of carbonyl (C=O) groups excluding carboxylic acids is 1. The van der Waals surface area contributed by atoms with E-state index in [1.165, 1.54) is 11.9 Å². The molecule has 0 bridgehead atoms. The summed E-state index contributed by atoms with van der Waals surface area (Å²) in [6.45, 7) is 3.28. The predicted octanol–water partition coefficient (Wildman–Crippen LogP) is 4.21. The molecule has 1 aromatic heterocycles. The Morgan fingerprint density at radius 2 is 1.96 bits per heavy atom. The van der Waals surface area contributed by atoms with Crippen LogP contribution in [0.2, 0.25) is 0 Å². The minimum absolute atomic E-state index is 0.107. The van der Waals surface area contributed by atoms with Gasteiger partial charge in [-0.1, -0.05) is 18.2 Å². The van der Waals surface area contributed by atoms with Crippen LogP contribution in [0.1, 0.15) is 29.4 Å². The van der Waals surface area contributed by atoms with Crippen LogP contribution in [0.3, 0.4) is 0 Å². The highest BCUT2D eigenvalue weighted by Crippen LogP contribution is 2.28. The average molecular weight is 374 g/mol. The predicted molar refractivity (Wildman–Crippen MR) is 109 cm³/mol. The van der Waals surface area contributed by atoms with Crippen molar-refractivity contribution in [2.75, 3.05) is 23.4 Å². The molecule has 1 aliphatic heterocycles. The Hall–Kier alpha value is -3.41. The number of ether oxygens (including phenoxy) is 1. The maximum Gasteiger partial charge on any atom is 0.277 e. The van der Waals surface area contributed by atoms with Gasteiger partial charge in [0.2, 0.25) is 0 Å². The first-order chi connectivity index (χ1) is 13.7. The molecule has 0 atom stereocenters. The first-order valence-electron chi connectivity index (χ1n) is 9.46. The number of benzene rings is 2. The minimum Gasteiger partial charge on any atom is -0.494 e. The number of hydrogen-bond acceptors (Lipinski definition) is 5. The fourth-order valence-corrected chi connectivity index (χ4v) is 3.37. The van der Waals surface area contributed by atoms with Gasteiger partial charge in [-0.3, -0.25) is 4.79 Å². The van der Waals surface area contributed by atoms with Crippen molar-refractivity contribution < 1.29 is 9.53 Å². The van der Waals surface area contributed by atoms with Gasteiger partial charge in [0, 0.05) is 24.0 Å². The van der Waals surface area contributed by atoms with Crippen LogP contribution in [0.5, 0.6) is 5.75 Å². The van der Waals surface area contributed by atoms with Crippen molar-refractivity contribution in [3.8, 4) is 5.75 Å². The fourth-order valence-electron chi connectivity index (χ4n) is 3.37.